The Labute approximate surface area is 106 Å². The van der Waals surface area contributed by atoms with E-state index in [4.69, 9.17) is 15.2 Å². The fraction of sp³-hybridized carbons (Fsp3) is 0.462. The summed E-state index contributed by atoms with van der Waals surface area (Å²) in [6, 6.07) is 7.28. The molecule has 1 saturated heterocycles. The van der Waals surface area contributed by atoms with Crippen molar-refractivity contribution in [2.24, 2.45) is 0 Å². The second-order valence-corrected chi connectivity index (χ2v) is 4.13. The van der Waals surface area contributed by atoms with Gasteiger partial charge in [-0.3, -0.25) is 4.79 Å². The van der Waals surface area contributed by atoms with Crippen LogP contribution in [0.2, 0.25) is 0 Å². The second kappa shape index (κ2) is 6.26. The minimum Gasteiger partial charge on any atom is -0.491 e. The van der Waals surface area contributed by atoms with Crippen molar-refractivity contribution in [3.8, 4) is 5.75 Å². The number of amides is 1. The van der Waals surface area contributed by atoms with E-state index in [0.29, 0.717) is 50.8 Å². The first-order valence-electron chi connectivity index (χ1n) is 6.10. The Kier molecular flexibility index (Phi) is 4.41. The van der Waals surface area contributed by atoms with Crippen molar-refractivity contribution >= 4 is 11.6 Å². The van der Waals surface area contributed by atoms with E-state index in [2.05, 4.69) is 0 Å². The van der Waals surface area contributed by atoms with Gasteiger partial charge < -0.3 is 20.1 Å². The Balaban J connectivity index is 1.75. The van der Waals surface area contributed by atoms with E-state index in [-0.39, 0.29) is 5.91 Å². The number of ether oxygens (including phenoxy) is 2. The van der Waals surface area contributed by atoms with Gasteiger partial charge in [-0.15, -0.1) is 0 Å². The summed E-state index contributed by atoms with van der Waals surface area (Å²) in [5, 5.41) is 0. The molecule has 5 nitrogen and oxygen atoms in total. The summed E-state index contributed by atoms with van der Waals surface area (Å²) < 4.78 is 10.7. The number of nitrogens with two attached hydrogens (primary N) is 1. The van der Waals surface area contributed by atoms with Gasteiger partial charge in [0, 0.05) is 13.1 Å². The molecule has 1 heterocycles. The van der Waals surface area contributed by atoms with Gasteiger partial charge in [0.15, 0.2) is 0 Å². The minimum atomic E-state index is 0.104. The van der Waals surface area contributed by atoms with Gasteiger partial charge in [-0.25, -0.2) is 0 Å². The van der Waals surface area contributed by atoms with Crippen LogP contribution in [-0.4, -0.2) is 43.7 Å². The van der Waals surface area contributed by atoms with Gasteiger partial charge in [0.25, 0.3) is 0 Å². The Morgan fingerprint density at radius 3 is 2.78 bits per heavy atom. The normalized spacial score (nSPS) is 15.4. The van der Waals surface area contributed by atoms with Crippen molar-refractivity contribution in [1.82, 2.24) is 4.90 Å². The second-order valence-electron chi connectivity index (χ2n) is 4.13. The number of para-hydroxylation sites is 2. The lowest BCUT2D eigenvalue weighted by atomic mass is 10.3. The highest BCUT2D eigenvalue weighted by atomic mass is 16.5. The topological polar surface area (TPSA) is 64.8 Å². The molecule has 1 aromatic rings. The molecule has 0 aromatic heterocycles. The zero-order valence-electron chi connectivity index (χ0n) is 10.3. The summed E-state index contributed by atoms with van der Waals surface area (Å²) in [6.45, 7) is 2.94. The van der Waals surface area contributed by atoms with E-state index in [9.17, 15) is 4.79 Å². The zero-order chi connectivity index (χ0) is 12.8. The number of carbonyl (C=O) groups is 1. The van der Waals surface area contributed by atoms with Crippen LogP contribution in [0.1, 0.15) is 6.42 Å². The van der Waals surface area contributed by atoms with Gasteiger partial charge >= 0.3 is 0 Å². The number of morpholine rings is 1. The molecule has 0 aliphatic carbocycles. The Hall–Kier alpha value is -1.75. The summed E-state index contributed by atoms with van der Waals surface area (Å²) in [5.74, 6) is 0.736. The number of nitrogens with zero attached hydrogens (tertiary/aromatic N) is 1. The number of carbonyl (C=O) groups excluding carboxylic acids is 1. The van der Waals surface area contributed by atoms with Crippen molar-refractivity contribution in [3.63, 3.8) is 0 Å². The Morgan fingerprint density at radius 2 is 2.06 bits per heavy atom. The predicted molar refractivity (Wildman–Crippen MR) is 68.4 cm³/mol. The SMILES string of the molecule is Nc1ccccc1OCCC(=O)N1CCOCC1. The smallest absolute Gasteiger partial charge is 0.226 e. The summed E-state index contributed by atoms with van der Waals surface area (Å²) in [7, 11) is 0. The number of hydrogen-bond acceptors (Lipinski definition) is 4. The molecule has 1 amide bonds. The molecule has 0 unspecified atom stereocenters. The standard InChI is InChI=1S/C13H18N2O3/c14-11-3-1-2-4-12(11)18-8-5-13(16)15-6-9-17-10-7-15/h1-4H,5-10,14H2. The summed E-state index contributed by atoms with van der Waals surface area (Å²) in [5.41, 5.74) is 6.34. The average molecular weight is 250 g/mol. The number of anilines is 1. The molecule has 1 aromatic carbocycles. The van der Waals surface area contributed by atoms with Crippen LogP contribution in [0, 0.1) is 0 Å². The maximum absolute atomic E-state index is 11.8. The molecule has 0 saturated carbocycles. The number of benzene rings is 1. The molecule has 1 aliphatic heterocycles. The first kappa shape index (κ1) is 12.7. The first-order chi connectivity index (χ1) is 8.77. The van der Waals surface area contributed by atoms with Crippen LogP contribution >= 0.6 is 0 Å². The number of rotatable bonds is 4. The van der Waals surface area contributed by atoms with Gasteiger partial charge in [-0.05, 0) is 12.1 Å². The quantitative estimate of drug-likeness (QED) is 0.806. The average Bonchev–Trinajstić information content (AvgIpc) is 2.42. The summed E-state index contributed by atoms with van der Waals surface area (Å²) >= 11 is 0. The molecule has 1 fully saturated rings. The highest BCUT2D eigenvalue weighted by molar-refractivity contribution is 5.76. The predicted octanol–water partition coefficient (Wildman–Crippen LogP) is 0.896. The van der Waals surface area contributed by atoms with Crippen molar-refractivity contribution < 1.29 is 14.3 Å². The maximum Gasteiger partial charge on any atom is 0.226 e. The zero-order valence-corrected chi connectivity index (χ0v) is 10.3. The van der Waals surface area contributed by atoms with Crippen molar-refractivity contribution in [1.29, 1.82) is 0 Å². The van der Waals surface area contributed by atoms with Crippen LogP contribution in [-0.2, 0) is 9.53 Å². The molecular weight excluding hydrogens is 232 g/mol. The molecule has 0 atom stereocenters. The molecule has 5 heteroatoms. The third kappa shape index (κ3) is 3.37. The largest absolute Gasteiger partial charge is 0.491 e. The van der Waals surface area contributed by atoms with Crippen LogP contribution in [0.5, 0.6) is 5.75 Å². The molecule has 98 valence electrons. The molecule has 2 rings (SSSR count). The van der Waals surface area contributed by atoms with Gasteiger partial charge in [0.05, 0.1) is 31.9 Å². The van der Waals surface area contributed by atoms with Crippen LogP contribution in [0.3, 0.4) is 0 Å². The van der Waals surface area contributed by atoms with Gasteiger partial charge in [-0.2, -0.15) is 0 Å². The highest BCUT2D eigenvalue weighted by Crippen LogP contribution is 2.19. The van der Waals surface area contributed by atoms with Crippen LogP contribution in [0.4, 0.5) is 5.69 Å². The molecule has 18 heavy (non-hydrogen) atoms. The van der Waals surface area contributed by atoms with Crippen molar-refractivity contribution in [2.45, 2.75) is 6.42 Å². The number of hydrogen-bond donors (Lipinski definition) is 1. The van der Waals surface area contributed by atoms with E-state index in [1.54, 1.807) is 17.0 Å². The minimum absolute atomic E-state index is 0.104. The van der Waals surface area contributed by atoms with E-state index < -0.39 is 0 Å². The van der Waals surface area contributed by atoms with Crippen LogP contribution in [0.15, 0.2) is 24.3 Å². The van der Waals surface area contributed by atoms with Gasteiger partial charge in [0.2, 0.25) is 5.91 Å². The van der Waals surface area contributed by atoms with Crippen molar-refractivity contribution in [3.05, 3.63) is 24.3 Å². The van der Waals surface area contributed by atoms with E-state index in [1.165, 1.54) is 0 Å². The molecule has 2 N–H and O–H groups in total. The monoisotopic (exact) mass is 250 g/mol. The fourth-order valence-electron chi connectivity index (χ4n) is 1.83. The number of nitrogen functional groups attached to an aromatic ring is 1. The molecule has 0 spiro atoms. The van der Waals surface area contributed by atoms with Crippen LogP contribution < -0.4 is 10.5 Å². The fourth-order valence-corrected chi connectivity index (χ4v) is 1.83. The van der Waals surface area contributed by atoms with E-state index in [1.807, 2.05) is 12.1 Å². The molecule has 0 bridgehead atoms. The lowest BCUT2D eigenvalue weighted by Gasteiger charge is -2.26. The summed E-state index contributed by atoms with van der Waals surface area (Å²) in [4.78, 5) is 13.6. The van der Waals surface area contributed by atoms with Crippen molar-refractivity contribution in [2.75, 3.05) is 38.6 Å². The lowest BCUT2D eigenvalue weighted by Crippen LogP contribution is -2.41. The van der Waals surface area contributed by atoms with Crippen LogP contribution in [0.25, 0.3) is 0 Å². The lowest BCUT2D eigenvalue weighted by molar-refractivity contribution is -0.135. The Bertz CT molecular complexity index is 403. The first-order valence-corrected chi connectivity index (χ1v) is 6.10. The molecular formula is C13H18N2O3. The molecule has 1 aliphatic rings. The third-order valence-corrected chi connectivity index (χ3v) is 2.86. The van der Waals surface area contributed by atoms with Gasteiger partial charge in [-0.1, -0.05) is 12.1 Å². The van der Waals surface area contributed by atoms with Gasteiger partial charge in [0.1, 0.15) is 5.75 Å². The van der Waals surface area contributed by atoms with E-state index in [0.717, 1.165) is 0 Å². The molecule has 0 radical (unpaired) electrons. The maximum atomic E-state index is 11.8. The summed E-state index contributed by atoms with van der Waals surface area (Å²) in [6.07, 6.45) is 0.369. The third-order valence-electron chi connectivity index (χ3n) is 2.86. The Morgan fingerprint density at radius 1 is 1.33 bits per heavy atom. The van der Waals surface area contributed by atoms with E-state index >= 15 is 0 Å². The highest BCUT2D eigenvalue weighted by Gasteiger charge is 2.16.